The van der Waals surface area contributed by atoms with Crippen molar-refractivity contribution in [1.29, 1.82) is 5.26 Å². The smallest absolute Gasteiger partial charge is 0.194 e. The summed E-state index contributed by atoms with van der Waals surface area (Å²) in [6.45, 7) is 0. The second-order valence-corrected chi connectivity index (χ2v) is 7.29. The normalized spacial score (nSPS) is 37.5. The number of hydrogen-bond acceptors (Lipinski definition) is 3. The van der Waals surface area contributed by atoms with Crippen LogP contribution in [-0.2, 0) is 6.42 Å². The molecular formula is C15H18N2S. The zero-order valence-electron chi connectivity index (χ0n) is 10.6. The molecule has 0 aliphatic heterocycles. The molecule has 0 radical (unpaired) electrons. The number of thiazole rings is 1. The first kappa shape index (κ1) is 11.0. The molecule has 4 rings (SSSR count). The summed E-state index contributed by atoms with van der Waals surface area (Å²) < 4.78 is 0. The lowest BCUT2D eigenvalue weighted by molar-refractivity contribution is 0.0705. The Bertz CT molecular complexity index is 511. The maximum Gasteiger partial charge on any atom is 0.194 e. The molecule has 0 bridgehead atoms. The van der Waals surface area contributed by atoms with Gasteiger partial charge in [-0.1, -0.05) is 25.7 Å². The molecule has 0 saturated heterocycles. The van der Waals surface area contributed by atoms with Crippen molar-refractivity contribution in [1.82, 2.24) is 4.98 Å². The van der Waals surface area contributed by atoms with E-state index in [2.05, 4.69) is 11.1 Å². The predicted octanol–water partition coefficient (Wildman–Crippen LogP) is 3.87. The van der Waals surface area contributed by atoms with E-state index in [4.69, 9.17) is 5.26 Å². The Morgan fingerprint density at radius 1 is 1.11 bits per heavy atom. The van der Waals surface area contributed by atoms with Crippen LogP contribution in [-0.4, -0.2) is 4.98 Å². The van der Waals surface area contributed by atoms with E-state index in [1.807, 2.05) is 0 Å². The lowest BCUT2D eigenvalue weighted by atomic mass is 9.57. The topological polar surface area (TPSA) is 36.7 Å². The van der Waals surface area contributed by atoms with E-state index in [0.717, 1.165) is 17.8 Å². The Morgan fingerprint density at radius 3 is 2.72 bits per heavy atom. The molecular weight excluding hydrogens is 240 g/mol. The van der Waals surface area contributed by atoms with Crippen molar-refractivity contribution in [3.63, 3.8) is 0 Å². The predicted molar refractivity (Wildman–Crippen MR) is 71.4 cm³/mol. The molecule has 2 fully saturated rings. The molecule has 1 aromatic heterocycles. The summed E-state index contributed by atoms with van der Waals surface area (Å²) in [6.07, 6.45) is 9.64. The van der Waals surface area contributed by atoms with Gasteiger partial charge in [0.1, 0.15) is 6.07 Å². The summed E-state index contributed by atoms with van der Waals surface area (Å²) in [5, 5.41) is 9.76. The minimum absolute atomic E-state index is 0.691. The third kappa shape index (κ3) is 1.48. The van der Waals surface area contributed by atoms with Gasteiger partial charge >= 0.3 is 0 Å². The Kier molecular flexibility index (Phi) is 2.48. The Morgan fingerprint density at radius 2 is 1.89 bits per heavy atom. The maximum absolute atomic E-state index is 9.07. The summed E-state index contributed by atoms with van der Waals surface area (Å²) in [6, 6.07) is 2.25. The molecule has 1 unspecified atom stereocenters. The Balaban J connectivity index is 1.79. The first-order valence-corrected chi connectivity index (χ1v) is 8.08. The van der Waals surface area contributed by atoms with Crippen LogP contribution in [0.5, 0.6) is 0 Å². The zero-order valence-corrected chi connectivity index (χ0v) is 11.4. The number of aromatic nitrogens is 1. The van der Waals surface area contributed by atoms with Crippen LogP contribution in [0, 0.1) is 29.1 Å². The first-order chi connectivity index (χ1) is 8.86. The van der Waals surface area contributed by atoms with Gasteiger partial charge in [-0.3, -0.25) is 0 Å². The molecule has 0 aromatic carbocycles. The highest BCUT2D eigenvalue weighted by molar-refractivity contribution is 7.12. The number of hydrogen-bond donors (Lipinski definition) is 0. The fourth-order valence-corrected chi connectivity index (χ4v) is 5.86. The van der Waals surface area contributed by atoms with Crippen molar-refractivity contribution in [3.8, 4) is 6.07 Å². The van der Waals surface area contributed by atoms with Gasteiger partial charge in [-0.25, -0.2) is 4.98 Å². The lowest BCUT2D eigenvalue weighted by Crippen LogP contribution is -2.40. The van der Waals surface area contributed by atoms with E-state index in [-0.39, 0.29) is 0 Å². The molecule has 0 spiro atoms. The highest BCUT2D eigenvalue weighted by Crippen LogP contribution is 2.55. The minimum Gasteiger partial charge on any atom is -0.230 e. The van der Waals surface area contributed by atoms with E-state index in [1.165, 1.54) is 55.5 Å². The molecule has 4 atom stereocenters. The molecule has 94 valence electrons. The van der Waals surface area contributed by atoms with Gasteiger partial charge in [0.2, 0.25) is 0 Å². The summed E-state index contributed by atoms with van der Waals surface area (Å²) in [5.41, 5.74) is 1.32. The van der Waals surface area contributed by atoms with Crippen LogP contribution in [0.2, 0.25) is 0 Å². The van der Waals surface area contributed by atoms with E-state index < -0.39 is 0 Å². The Hall–Kier alpha value is -0.880. The highest BCUT2D eigenvalue weighted by atomic mass is 32.1. The number of nitrogens with zero attached hydrogens (tertiary/aromatic N) is 2. The molecule has 3 aliphatic carbocycles. The van der Waals surface area contributed by atoms with Gasteiger partial charge in [-0.05, 0) is 37.0 Å². The third-order valence-electron chi connectivity index (χ3n) is 5.42. The van der Waals surface area contributed by atoms with E-state index in [0.29, 0.717) is 10.9 Å². The average Bonchev–Trinajstić information content (AvgIpc) is 2.83. The summed E-state index contributed by atoms with van der Waals surface area (Å²) in [5.74, 6) is 3.45. The maximum atomic E-state index is 9.07. The van der Waals surface area contributed by atoms with Crippen LogP contribution >= 0.6 is 11.3 Å². The van der Waals surface area contributed by atoms with Crippen LogP contribution in [0.15, 0.2) is 0 Å². The van der Waals surface area contributed by atoms with Crippen LogP contribution in [0.25, 0.3) is 0 Å². The molecule has 3 aliphatic rings. The van der Waals surface area contributed by atoms with Crippen LogP contribution in [0.1, 0.15) is 60.0 Å². The first-order valence-electron chi connectivity index (χ1n) is 7.26. The summed E-state index contributed by atoms with van der Waals surface area (Å²) in [7, 11) is 0. The molecule has 18 heavy (non-hydrogen) atoms. The zero-order chi connectivity index (χ0) is 12.1. The van der Waals surface area contributed by atoms with Crippen molar-refractivity contribution in [2.75, 3.05) is 0 Å². The van der Waals surface area contributed by atoms with Gasteiger partial charge in [0.25, 0.3) is 0 Å². The highest BCUT2D eigenvalue weighted by Gasteiger charge is 2.46. The largest absolute Gasteiger partial charge is 0.230 e. The van der Waals surface area contributed by atoms with Crippen LogP contribution in [0.4, 0.5) is 0 Å². The van der Waals surface area contributed by atoms with Crippen molar-refractivity contribution in [2.24, 2.45) is 17.8 Å². The minimum atomic E-state index is 0.691. The second-order valence-electron chi connectivity index (χ2n) is 6.21. The standard InChI is InChI=1S/C15H18N2S/c16-8-13-17-15-11-6-2-4-9-3-1-5-10(14(9)11)7-12(15)18-13/h9-11,14H,1-7H2/t9-,10?,11+,14+/m1/s1. The monoisotopic (exact) mass is 258 g/mol. The molecule has 1 heterocycles. The summed E-state index contributed by atoms with van der Waals surface area (Å²) >= 11 is 1.66. The van der Waals surface area contributed by atoms with E-state index >= 15 is 0 Å². The molecule has 0 amide bonds. The molecule has 3 heteroatoms. The van der Waals surface area contributed by atoms with Crippen molar-refractivity contribution < 1.29 is 0 Å². The van der Waals surface area contributed by atoms with Gasteiger partial charge in [-0.2, -0.15) is 5.26 Å². The van der Waals surface area contributed by atoms with Gasteiger partial charge in [0.15, 0.2) is 5.01 Å². The van der Waals surface area contributed by atoms with Crippen LogP contribution < -0.4 is 0 Å². The quantitative estimate of drug-likeness (QED) is 0.708. The van der Waals surface area contributed by atoms with Gasteiger partial charge in [0.05, 0.1) is 5.69 Å². The lowest BCUT2D eigenvalue weighted by Gasteiger charge is -2.48. The van der Waals surface area contributed by atoms with E-state index in [9.17, 15) is 0 Å². The van der Waals surface area contributed by atoms with Gasteiger partial charge in [0, 0.05) is 10.8 Å². The van der Waals surface area contributed by atoms with Crippen molar-refractivity contribution in [2.45, 2.75) is 50.9 Å². The number of rotatable bonds is 0. The molecule has 2 nitrogen and oxygen atoms in total. The SMILES string of the molecule is N#Cc1nc2c(s1)CC1CCC[C@@H]3CCC[C@H]2[C@H]13. The number of nitriles is 1. The second kappa shape index (κ2) is 4.06. The molecule has 1 aromatic rings. The summed E-state index contributed by atoms with van der Waals surface area (Å²) in [4.78, 5) is 6.08. The van der Waals surface area contributed by atoms with Gasteiger partial charge < -0.3 is 0 Å². The Labute approximate surface area is 112 Å². The van der Waals surface area contributed by atoms with E-state index in [1.54, 1.807) is 11.3 Å². The van der Waals surface area contributed by atoms with Crippen molar-refractivity contribution in [3.05, 3.63) is 15.6 Å². The van der Waals surface area contributed by atoms with Crippen molar-refractivity contribution >= 4 is 11.3 Å². The fraction of sp³-hybridized carbons (Fsp3) is 0.733. The molecule has 0 N–H and O–H groups in total. The average molecular weight is 258 g/mol. The van der Waals surface area contributed by atoms with Crippen LogP contribution in [0.3, 0.4) is 0 Å². The number of fused-ring (bicyclic) bond motifs is 2. The van der Waals surface area contributed by atoms with Gasteiger partial charge in [-0.15, -0.1) is 11.3 Å². The molecule has 2 saturated carbocycles. The third-order valence-corrected chi connectivity index (χ3v) is 6.41. The fourth-order valence-electron chi connectivity index (χ4n) is 4.84.